The third-order valence-corrected chi connectivity index (χ3v) is 4.19. The quantitative estimate of drug-likeness (QED) is 0.849. The molecular formula is C18H22N4O4. The lowest BCUT2D eigenvalue weighted by Gasteiger charge is -2.32. The van der Waals surface area contributed by atoms with Gasteiger partial charge >= 0.3 is 6.03 Å². The van der Waals surface area contributed by atoms with Crippen LogP contribution in [0.4, 0.5) is 4.79 Å². The number of ether oxygens (including phenoxy) is 1. The number of nitrogens with one attached hydrogen (secondary N) is 2. The third kappa shape index (κ3) is 4.53. The molecule has 138 valence electrons. The van der Waals surface area contributed by atoms with E-state index >= 15 is 0 Å². The Balaban J connectivity index is 1.42. The molecule has 2 N–H and O–H groups in total. The number of pyridine rings is 1. The lowest BCUT2D eigenvalue weighted by atomic mass is 10.1. The minimum atomic E-state index is -0.293. The zero-order valence-corrected chi connectivity index (χ0v) is 14.6. The summed E-state index contributed by atoms with van der Waals surface area (Å²) in [6.07, 6.45) is 5.02. The average Bonchev–Trinajstić information content (AvgIpc) is 3.16. The summed E-state index contributed by atoms with van der Waals surface area (Å²) in [5, 5.41) is 5.30. The van der Waals surface area contributed by atoms with Crippen molar-refractivity contribution in [1.82, 2.24) is 20.5 Å². The topological polar surface area (TPSA) is 96.7 Å². The fourth-order valence-corrected chi connectivity index (χ4v) is 2.78. The molecule has 1 saturated heterocycles. The van der Waals surface area contributed by atoms with Gasteiger partial charge in [-0.1, -0.05) is 0 Å². The summed E-state index contributed by atoms with van der Waals surface area (Å²) >= 11 is 0. The Morgan fingerprint density at radius 2 is 2.12 bits per heavy atom. The highest BCUT2D eigenvalue weighted by Crippen LogP contribution is 2.18. The van der Waals surface area contributed by atoms with Gasteiger partial charge in [0, 0.05) is 39.2 Å². The Morgan fingerprint density at radius 3 is 2.81 bits per heavy atom. The van der Waals surface area contributed by atoms with E-state index in [4.69, 9.17) is 9.15 Å². The minimum Gasteiger partial charge on any atom is -0.489 e. The van der Waals surface area contributed by atoms with E-state index in [9.17, 15) is 9.59 Å². The number of furan rings is 1. The van der Waals surface area contributed by atoms with Gasteiger partial charge in [-0.25, -0.2) is 4.79 Å². The molecule has 0 radical (unpaired) electrons. The summed E-state index contributed by atoms with van der Waals surface area (Å²) in [7, 11) is 1.54. The number of piperidine rings is 1. The van der Waals surface area contributed by atoms with Crippen LogP contribution in [0.5, 0.6) is 5.75 Å². The van der Waals surface area contributed by atoms with Crippen LogP contribution in [0.25, 0.3) is 0 Å². The molecule has 0 spiro atoms. The Morgan fingerprint density at radius 1 is 1.31 bits per heavy atom. The average molecular weight is 358 g/mol. The van der Waals surface area contributed by atoms with Crippen LogP contribution in [0, 0.1) is 0 Å². The van der Waals surface area contributed by atoms with Crippen molar-refractivity contribution in [2.24, 2.45) is 0 Å². The SMILES string of the molecule is CNC(=O)c1ccc(CNC(=O)N2CCC(Oc3cccnc3)CC2)o1. The first-order valence-corrected chi connectivity index (χ1v) is 8.56. The van der Waals surface area contributed by atoms with E-state index in [1.807, 2.05) is 12.1 Å². The van der Waals surface area contributed by atoms with Crippen molar-refractivity contribution in [2.75, 3.05) is 20.1 Å². The van der Waals surface area contributed by atoms with Gasteiger partial charge in [0.2, 0.25) is 0 Å². The second-order valence-electron chi connectivity index (χ2n) is 6.00. The van der Waals surface area contributed by atoms with Crippen LogP contribution >= 0.6 is 0 Å². The van der Waals surface area contributed by atoms with Crippen molar-refractivity contribution in [2.45, 2.75) is 25.5 Å². The van der Waals surface area contributed by atoms with Gasteiger partial charge < -0.3 is 24.7 Å². The molecule has 8 heteroatoms. The van der Waals surface area contributed by atoms with Crippen molar-refractivity contribution < 1.29 is 18.7 Å². The van der Waals surface area contributed by atoms with Gasteiger partial charge in [-0.15, -0.1) is 0 Å². The van der Waals surface area contributed by atoms with Crippen LogP contribution in [-0.4, -0.2) is 48.1 Å². The maximum absolute atomic E-state index is 12.3. The molecule has 0 unspecified atom stereocenters. The van der Waals surface area contributed by atoms with Gasteiger partial charge in [-0.2, -0.15) is 0 Å². The predicted molar refractivity (Wildman–Crippen MR) is 93.8 cm³/mol. The smallest absolute Gasteiger partial charge is 0.317 e. The molecule has 8 nitrogen and oxygen atoms in total. The van der Waals surface area contributed by atoms with E-state index in [0.717, 1.165) is 18.6 Å². The number of carbonyl (C=O) groups is 2. The van der Waals surface area contributed by atoms with E-state index in [-0.39, 0.29) is 30.3 Å². The highest BCUT2D eigenvalue weighted by atomic mass is 16.5. The number of rotatable bonds is 5. The molecule has 0 aliphatic carbocycles. The molecule has 2 aromatic heterocycles. The Hall–Kier alpha value is -3.03. The van der Waals surface area contributed by atoms with E-state index in [0.29, 0.717) is 18.8 Å². The van der Waals surface area contributed by atoms with E-state index in [2.05, 4.69) is 15.6 Å². The first-order chi connectivity index (χ1) is 12.7. The molecule has 0 saturated carbocycles. The van der Waals surface area contributed by atoms with E-state index in [1.54, 1.807) is 29.4 Å². The molecule has 3 heterocycles. The number of carbonyl (C=O) groups excluding carboxylic acids is 2. The zero-order valence-electron chi connectivity index (χ0n) is 14.6. The molecular weight excluding hydrogens is 336 g/mol. The fraction of sp³-hybridized carbons (Fsp3) is 0.389. The van der Waals surface area contributed by atoms with Crippen LogP contribution in [0.3, 0.4) is 0 Å². The fourth-order valence-electron chi connectivity index (χ4n) is 2.78. The molecule has 0 aromatic carbocycles. The van der Waals surface area contributed by atoms with Gasteiger partial charge in [0.05, 0.1) is 12.7 Å². The number of amides is 3. The minimum absolute atomic E-state index is 0.0865. The normalized spacial score (nSPS) is 14.7. The van der Waals surface area contributed by atoms with Crippen LogP contribution in [-0.2, 0) is 6.54 Å². The van der Waals surface area contributed by atoms with Gasteiger partial charge in [-0.05, 0) is 24.3 Å². The highest BCUT2D eigenvalue weighted by Gasteiger charge is 2.24. The van der Waals surface area contributed by atoms with Crippen molar-refractivity contribution in [3.63, 3.8) is 0 Å². The molecule has 3 amide bonds. The molecule has 26 heavy (non-hydrogen) atoms. The Kier molecular flexibility index (Phi) is 5.73. The monoisotopic (exact) mass is 358 g/mol. The lowest BCUT2D eigenvalue weighted by Crippen LogP contribution is -2.46. The molecule has 0 bridgehead atoms. The van der Waals surface area contributed by atoms with E-state index in [1.165, 1.54) is 7.05 Å². The second kappa shape index (κ2) is 8.37. The summed E-state index contributed by atoms with van der Waals surface area (Å²) < 4.78 is 11.3. The standard InChI is InChI=1S/C18H22N4O4/c1-19-17(23)16-5-4-15(26-16)12-21-18(24)22-9-6-13(7-10-22)25-14-3-2-8-20-11-14/h2-5,8,11,13H,6-7,9-10,12H2,1H3,(H,19,23)(H,21,24). The van der Waals surface area contributed by atoms with Crippen molar-refractivity contribution in [1.29, 1.82) is 0 Å². The molecule has 1 fully saturated rings. The summed E-state index contributed by atoms with van der Waals surface area (Å²) in [6, 6.07) is 6.83. The van der Waals surface area contributed by atoms with Gasteiger partial charge in [-0.3, -0.25) is 9.78 Å². The van der Waals surface area contributed by atoms with Crippen LogP contribution < -0.4 is 15.4 Å². The third-order valence-electron chi connectivity index (χ3n) is 4.19. The number of nitrogens with zero attached hydrogens (tertiary/aromatic N) is 2. The molecule has 1 aliphatic rings. The van der Waals surface area contributed by atoms with Gasteiger partial charge in [0.1, 0.15) is 17.6 Å². The first-order valence-electron chi connectivity index (χ1n) is 8.56. The maximum atomic E-state index is 12.3. The van der Waals surface area contributed by atoms with Gasteiger partial charge in [0.15, 0.2) is 5.76 Å². The number of likely N-dealkylation sites (tertiary alicyclic amines) is 1. The van der Waals surface area contributed by atoms with Crippen LogP contribution in [0.2, 0.25) is 0 Å². The number of hydrogen-bond donors (Lipinski definition) is 2. The Labute approximate surface area is 151 Å². The molecule has 2 aromatic rings. The molecule has 3 rings (SSSR count). The number of urea groups is 1. The molecule has 1 aliphatic heterocycles. The predicted octanol–water partition coefficient (Wildman–Crippen LogP) is 1.79. The van der Waals surface area contributed by atoms with Gasteiger partial charge in [0.25, 0.3) is 5.91 Å². The van der Waals surface area contributed by atoms with Crippen LogP contribution in [0.1, 0.15) is 29.2 Å². The van der Waals surface area contributed by atoms with Crippen LogP contribution in [0.15, 0.2) is 41.1 Å². The highest BCUT2D eigenvalue weighted by molar-refractivity contribution is 5.91. The number of hydrogen-bond acceptors (Lipinski definition) is 5. The summed E-state index contributed by atoms with van der Waals surface area (Å²) in [5.41, 5.74) is 0. The lowest BCUT2D eigenvalue weighted by molar-refractivity contribution is 0.0933. The Bertz CT molecular complexity index is 739. The van der Waals surface area contributed by atoms with Crippen molar-refractivity contribution >= 4 is 11.9 Å². The zero-order chi connectivity index (χ0) is 18.4. The second-order valence-corrected chi connectivity index (χ2v) is 6.00. The summed E-state index contributed by atoms with van der Waals surface area (Å²) in [5.74, 6) is 1.22. The molecule has 0 atom stereocenters. The summed E-state index contributed by atoms with van der Waals surface area (Å²) in [6.45, 7) is 1.48. The van der Waals surface area contributed by atoms with E-state index < -0.39 is 0 Å². The maximum Gasteiger partial charge on any atom is 0.317 e. The van der Waals surface area contributed by atoms with Crippen molar-refractivity contribution in [3.05, 3.63) is 48.2 Å². The largest absolute Gasteiger partial charge is 0.489 e. The summed E-state index contributed by atoms with van der Waals surface area (Å²) in [4.78, 5) is 29.5. The first kappa shape index (κ1) is 17.8. The van der Waals surface area contributed by atoms with Crippen molar-refractivity contribution in [3.8, 4) is 5.75 Å². The number of aromatic nitrogens is 1.